The Morgan fingerprint density at radius 3 is 2.50 bits per heavy atom. The third-order valence-corrected chi connectivity index (χ3v) is 4.93. The number of hydrogen-bond acceptors (Lipinski definition) is 4. The van der Waals surface area contributed by atoms with Crippen molar-refractivity contribution in [1.82, 2.24) is 4.98 Å². The third-order valence-electron chi connectivity index (χ3n) is 4.93. The van der Waals surface area contributed by atoms with E-state index in [4.69, 9.17) is 4.74 Å². The fraction of sp³-hybridized carbons (Fsp3) is 0.292. The van der Waals surface area contributed by atoms with Crippen molar-refractivity contribution < 1.29 is 27.5 Å². The summed E-state index contributed by atoms with van der Waals surface area (Å²) in [6.45, 7) is 3.31. The highest BCUT2D eigenvalue weighted by Gasteiger charge is 2.30. The molecule has 0 atom stereocenters. The van der Waals surface area contributed by atoms with Gasteiger partial charge in [-0.05, 0) is 42.7 Å². The highest BCUT2D eigenvalue weighted by molar-refractivity contribution is 6.06. The molecule has 0 radical (unpaired) electrons. The number of carbonyl (C=O) groups is 2. The van der Waals surface area contributed by atoms with E-state index < -0.39 is 30.2 Å². The number of ether oxygens (including phenoxy) is 1. The molecule has 1 amide bonds. The van der Waals surface area contributed by atoms with Crippen molar-refractivity contribution in [3.05, 3.63) is 70.9 Å². The van der Waals surface area contributed by atoms with Crippen LogP contribution < -0.4 is 5.32 Å². The van der Waals surface area contributed by atoms with Gasteiger partial charge in [0.25, 0.3) is 5.91 Å². The lowest BCUT2D eigenvalue weighted by atomic mass is 9.96. The van der Waals surface area contributed by atoms with E-state index in [2.05, 4.69) is 10.3 Å². The Morgan fingerprint density at radius 2 is 1.81 bits per heavy atom. The predicted molar refractivity (Wildman–Crippen MR) is 115 cm³/mol. The second-order valence-electron chi connectivity index (χ2n) is 7.24. The number of nitrogens with one attached hydrogen (secondary N) is 1. The number of hydrogen-bond donors (Lipinski definition) is 1. The van der Waals surface area contributed by atoms with Gasteiger partial charge in [-0.3, -0.25) is 9.78 Å². The summed E-state index contributed by atoms with van der Waals surface area (Å²) in [5.74, 6) is -1.40. The van der Waals surface area contributed by atoms with Crippen LogP contribution in [0.1, 0.15) is 47.4 Å². The topological polar surface area (TPSA) is 68.3 Å². The summed E-state index contributed by atoms with van der Waals surface area (Å²) >= 11 is 0. The second kappa shape index (κ2) is 9.80. The van der Waals surface area contributed by atoms with Gasteiger partial charge in [-0.1, -0.05) is 44.5 Å². The molecule has 32 heavy (non-hydrogen) atoms. The maximum atomic E-state index is 13.0. The SMILES string of the molecule is CCCc1nc2ccccc2c(C(=O)OCC(=O)Nc2cccc(C(F)(F)F)c2)c1CC. The molecule has 3 rings (SSSR count). The zero-order valence-electron chi connectivity index (χ0n) is 17.8. The molecule has 1 heterocycles. The van der Waals surface area contributed by atoms with Crippen LogP contribution in [0.5, 0.6) is 0 Å². The Hall–Kier alpha value is -3.42. The van der Waals surface area contributed by atoms with Crippen molar-refractivity contribution in [3.8, 4) is 0 Å². The van der Waals surface area contributed by atoms with Crippen molar-refractivity contribution in [2.75, 3.05) is 11.9 Å². The number of pyridine rings is 1. The average Bonchev–Trinajstić information content (AvgIpc) is 2.76. The van der Waals surface area contributed by atoms with E-state index >= 15 is 0 Å². The van der Waals surface area contributed by atoms with Crippen LogP contribution in [0.3, 0.4) is 0 Å². The Labute approximate surface area is 183 Å². The minimum atomic E-state index is -4.53. The van der Waals surface area contributed by atoms with Gasteiger partial charge in [-0.2, -0.15) is 13.2 Å². The molecule has 5 nitrogen and oxygen atoms in total. The number of rotatable bonds is 7. The van der Waals surface area contributed by atoms with E-state index in [-0.39, 0.29) is 5.69 Å². The van der Waals surface area contributed by atoms with Gasteiger partial charge >= 0.3 is 12.1 Å². The standard InChI is InChI=1S/C24H23F3N2O3/c1-3-8-19-17(4-2)22(18-11-5-6-12-20(18)29-19)23(31)32-14-21(30)28-16-10-7-9-15(13-16)24(25,26)27/h5-7,9-13H,3-4,8,14H2,1-2H3,(H,28,30). The molecule has 0 aliphatic rings. The minimum absolute atomic E-state index is 0.0327. The summed E-state index contributed by atoms with van der Waals surface area (Å²) in [5.41, 5.74) is 1.70. The molecule has 8 heteroatoms. The normalized spacial score (nSPS) is 11.4. The van der Waals surface area contributed by atoms with Crippen LogP contribution in [-0.4, -0.2) is 23.5 Å². The monoisotopic (exact) mass is 444 g/mol. The van der Waals surface area contributed by atoms with Crippen molar-refractivity contribution >= 4 is 28.5 Å². The van der Waals surface area contributed by atoms with Crippen molar-refractivity contribution in [2.24, 2.45) is 0 Å². The quantitative estimate of drug-likeness (QED) is 0.484. The molecule has 168 valence electrons. The summed E-state index contributed by atoms with van der Waals surface area (Å²) in [7, 11) is 0. The first-order valence-corrected chi connectivity index (χ1v) is 10.3. The number of fused-ring (bicyclic) bond motifs is 1. The van der Waals surface area contributed by atoms with E-state index in [9.17, 15) is 22.8 Å². The van der Waals surface area contributed by atoms with E-state index in [1.807, 2.05) is 26.0 Å². The van der Waals surface area contributed by atoms with E-state index in [0.29, 0.717) is 29.3 Å². The maximum absolute atomic E-state index is 13.0. The fourth-order valence-electron chi connectivity index (χ4n) is 3.53. The number of alkyl halides is 3. The number of nitrogens with zero attached hydrogens (tertiary/aromatic N) is 1. The predicted octanol–water partition coefficient (Wildman–Crippen LogP) is 5.56. The van der Waals surface area contributed by atoms with Crippen LogP contribution in [0.25, 0.3) is 10.9 Å². The lowest BCUT2D eigenvalue weighted by molar-refractivity contribution is -0.137. The highest BCUT2D eigenvalue weighted by Crippen LogP contribution is 2.30. The first-order valence-electron chi connectivity index (χ1n) is 10.3. The number of amides is 1. The first-order chi connectivity index (χ1) is 15.2. The molecule has 0 bridgehead atoms. The van der Waals surface area contributed by atoms with E-state index in [0.717, 1.165) is 29.8 Å². The number of esters is 1. The van der Waals surface area contributed by atoms with Gasteiger partial charge in [0.1, 0.15) is 0 Å². The van der Waals surface area contributed by atoms with Crippen molar-refractivity contribution in [2.45, 2.75) is 39.3 Å². The number of anilines is 1. The number of aryl methyl sites for hydroxylation is 1. The first kappa shape index (κ1) is 23.2. The van der Waals surface area contributed by atoms with E-state index in [1.54, 1.807) is 12.1 Å². The largest absolute Gasteiger partial charge is 0.452 e. The molecule has 0 unspecified atom stereocenters. The van der Waals surface area contributed by atoms with Gasteiger partial charge in [0.15, 0.2) is 6.61 Å². The van der Waals surface area contributed by atoms with Crippen LogP contribution in [0.15, 0.2) is 48.5 Å². The van der Waals surface area contributed by atoms with Crippen LogP contribution in [0.4, 0.5) is 18.9 Å². The zero-order valence-corrected chi connectivity index (χ0v) is 17.8. The van der Waals surface area contributed by atoms with Crippen LogP contribution in [0.2, 0.25) is 0 Å². The Kier molecular flexibility index (Phi) is 7.12. The van der Waals surface area contributed by atoms with Crippen molar-refractivity contribution in [1.29, 1.82) is 0 Å². The Bertz CT molecular complexity index is 1140. The summed E-state index contributed by atoms with van der Waals surface area (Å²) in [5, 5.41) is 2.96. The molecule has 1 aromatic heterocycles. The molecule has 1 N–H and O–H groups in total. The minimum Gasteiger partial charge on any atom is -0.452 e. The Balaban J connectivity index is 1.80. The lowest BCUT2D eigenvalue weighted by Crippen LogP contribution is -2.22. The molecule has 3 aromatic rings. The summed E-state index contributed by atoms with van der Waals surface area (Å²) < 4.78 is 43.8. The van der Waals surface area contributed by atoms with Crippen LogP contribution in [0, 0.1) is 0 Å². The van der Waals surface area contributed by atoms with E-state index in [1.165, 1.54) is 12.1 Å². The summed E-state index contributed by atoms with van der Waals surface area (Å²) in [6.07, 6.45) is -2.41. The molecule has 0 aliphatic carbocycles. The number of aromatic nitrogens is 1. The van der Waals surface area contributed by atoms with Gasteiger partial charge in [0, 0.05) is 16.8 Å². The molecule has 0 aliphatic heterocycles. The lowest BCUT2D eigenvalue weighted by Gasteiger charge is -2.15. The Morgan fingerprint density at radius 1 is 1.06 bits per heavy atom. The van der Waals surface area contributed by atoms with Gasteiger partial charge in [0.05, 0.1) is 16.6 Å². The van der Waals surface area contributed by atoms with Crippen molar-refractivity contribution in [3.63, 3.8) is 0 Å². The number of carbonyl (C=O) groups excluding carboxylic acids is 2. The smallest absolute Gasteiger partial charge is 0.416 e. The third kappa shape index (κ3) is 5.25. The molecule has 2 aromatic carbocycles. The van der Waals surface area contributed by atoms with Crippen LogP contribution in [-0.2, 0) is 28.5 Å². The second-order valence-corrected chi connectivity index (χ2v) is 7.24. The molecular formula is C24H23F3N2O3. The highest BCUT2D eigenvalue weighted by atomic mass is 19.4. The van der Waals surface area contributed by atoms with Gasteiger partial charge < -0.3 is 10.1 Å². The zero-order chi connectivity index (χ0) is 23.3. The van der Waals surface area contributed by atoms with Gasteiger partial charge in [-0.25, -0.2) is 4.79 Å². The number of halogens is 3. The molecule has 0 spiro atoms. The van der Waals surface area contributed by atoms with Crippen LogP contribution >= 0.6 is 0 Å². The molecule has 0 saturated heterocycles. The maximum Gasteiger partial charge on any atom is 0.416 e. The van der Waals surface area contributed by atoms with Gasteiger partial charge in [0.2, 0.25) is 0 Å². The number of para-hydroxylation sites is 1. The molecular weight excluding hydrogens is 421 g/mol. The number of benzene rings is 2. The fourth-order valence-corrected chi connectivity index (χ4v) is 3.53. The van der Waals surface area contributed by atoms with Gasteiger partial charge in [-0.15, -0.1) is 0 Å². The molecule has 0 saturated carbocycles. The summed E-state index contributed by atoms with van der Waals surface area (Å²) in [4.78, 5) is 29.9. The summed E-state index contributed by atoms with van der Waals surface area (Å²) in [6, 6.07) is 11.5. The molecule has 0 fully saturated rings. The average molecular weight is 444 g/mol.